The molecule has 0 aliphatic heterocycles. The van der Waals surface area contributed by atoms with Gasteiger partial charge in [0.05, 0.1) is 6.61 Å². The zero-order chi connectivity index (χ0) is 16.2. The summed E-state index contributed by atoms with van der Waals surface area (Å²) in [4.78, 5) is 0. The van der Waals surface area contributed by atoms with Crippen LogP contribution in [0.2, 0.25) is 0 Å². The maximum absolute atomic E-state index is 14.3. The third-order valence-electron chi connectivity index (χ3n) is 4.93. The van der Waals surface area contributed by atoms with Gasteiger partial charge in [0.15, 0.2) is 11.6 Å². The summed E-state index contributed by atoms with van der Waals surface area (Å²) in [7, 11) is 0. The van der Waals surface area contributed by atoms with E-state index in [0.29, 0.717) is 18.3 Å². The van der Waals surface area contributed by atoms with Crippen LogP contribution in [-0.4, -0.2) is 6.61 Å². The fraction of sp³-hybridized carbons (Fsp3) is 0.429. The Balaban J connectivity index is 1.64. The van der Waals surface area contributed by atoms with Crippen LogP contribution in [0.1, 0.15) is 38.2 Å². The molecule has 2 heteroatoms. The molecular formula is C21H25FO. The van der Waals surface area contributed by atoms with Crippen LogP contribution in [0.4, 0.5) is 4.39 Å². The number of aryl methyl sites for hydroxylation is 1. The molecule has 1 nitrogen and oxygen atoms in total. The summed E-state index contributed by atoms with van der Waals surface area (Å²) in [6, 6.07) is 13.4. The van der Waals surface area contributed by atoms with Gasteiger partial charge in [0, 0.05) is 0 Å². The lowest BCUT2D eigenvalue weighted by Gasteiger charge is -2.26. The Labute approximate surface area is 138 Å². The Morgan fingerprint density at radius 2 is 1.61 bits per heavy atom. The molecule has 0 aromatic heterocycles. The molecule has 1 saturated carbocycles. The second kappa shape index (κ2) is 7.16. The van der Waals surface area contributed by atoms with Crippen molar-refractivity contribution in [3.8, 4) is 16.9 Å². The lowest BCUT2D eigenvalue weighted by atomic mass is 9.83. The highest BCUT2D eigenvalue weighted by atomic mass is 19.1. The number of ether oxygens (including phenoxy) is 1. The zero-order valence-corrected chi connectivity index (χ0v) is 14.0. The van der Waals surface area contributed by atoms with Gasteiger partial charge in [-0.2, -0.15) is 0 Å². The summed E-state index contributed by atoms with van der Waals surface area (Å²) in [6.07, 6.45) is 4.93. The van der Waals surface area contributed by atoms with Crippen molar-refractivity contribution >= 4 is 0 Å². The molecule has 1 fully saturated rings. The van der Waals surface area contributed by atoms with Crippen LogP contribution in [0.15, 0.2) is 42.5 Å². The quantitative estimate of drug-likeness (QED) is 0.672. The van der Waals surface area contributed by atoms with Crippen LogP contribution in [-0.2, 0) is 0 Å². The van der Waals surface area contributed by atoms with Gasteiger partial charge in [-0.1, -0.05) is 55.7 Å². The molecule has 0 radical (unpaired) electrons. The number of hydrogen-bond donors (Lipinski definition) is 0. The average Bonchev–Trinajstić information content (AvgIpc) is 2.56. The summed E-state index contributed by atoms with van der Waals surface area (Å²) in [6.45, 7) is 4.99. The van der Waals surface area contributed by atoms with Gasteiger partial charge < -0.3 is 4.74 Å². The molecule has 3 rings (SSSR count). The van der Waals surface area contributed by atoms with Crippen molar-refractivity contribution in [2.45, 2.75) is 39.5 Å². The number of halogens is 1. The van der Waals surface area contributed by atoms with Crippen LogP contribution in [0.3, 0.4) is 0 Å². The van der Waals surface area contributed by atoms with Gasteiger partial charge in [0.25, 0.3) is 0 Å². The van der Waals surface area contributed by atoms with Crippen molar-refractivity contribution in [3.05, 3.63) is 53.8 Å². The van der Waals surface area contributed by atoms with E-state index in [1.165, 1.54) is 31.2 Å². The van der Waals surface area contributed by atoms with E-state index in [9.17, 15) is 4.39 Å². The van der Waals surface area contributed by atoms with Crippen LogP contribution in [0.5, 0.6) is 5.75 Å². The van der Waals surface area contributed by atoms with Crippen molar-refractivity contribution in [1.29, 1.82) is 0 Å². The molecular weight excluding hydrogens is 287 g/mol. The fourth-order valence-corrected chi connectivity index (χ4v) is 3.25. The topological polar surface area (TPSA) is 9.23 Å². The monoisotopic (exact) mass is 312 g/mol. The molecule has 0 atom stereocenters. The van der Waals surface area contributed by atoms with E-state index in [0.717, 1.165) is 17.0 Å². The van der Waals surface area contributed by atoms with Crippen molar-refractivity contribution in [3.63, 3.8) is 0 Å². The third-order valence-corrected chi connectivity index (χ3v) is 4.93. The Bertz CT molecular complexity index is 639. The van der Waals surface area contributed by atoms with Gasteiger partial charge in [0.2, 0.25) is 0 Å². The van der Waals surface area contributed by atoms with Crippen molar-refractivity contribution in [1.82, 2.24) is 0 Å². The van der Waals surface area contributed by atoms with Crippen molar-refractivity contribution in [2.24, 2.45) is 11.8 Å². The normalized spacial score (nSPS) is 21.2. The number of benzene rings is 2. The van der Waals surface area contributed by atoms with Gasteiger partial charge in [0.1, 0.15) is 0 Å². The smallest absolute Gasteiger partial charge is 0.165 e. The van der Waals surface area contributed by atoms with Gasteiger partial charge >= 0.3 is 0 Å². The lowest BCUT2D eigenvalue weighted by Crippen LogP contribution is -2.19. The van der Waals surface area contributed by atoms with E-state index in [1.807, 2.05) is 37.3 Å². The molecule has 0 unspecified atom stereocenters. The minimum absolute atomic E-state index is 0.271. The predicted octanol–water partition coefficient (Wildman–Crippen LogP) is 6.01. The van der Waals surface area contributed by atoms with E-state index in [4.69, 9.17) is 4.74 Å². The highest BCUT2D eigenvalue weighted by Crippen LogP contribution is 2.30. The number of rotatable bonds is 4. The van der Waals surface area contributed by atoms with E-state index < -0.39 is 0 Å². The SMILES string of the molecule is Cc1ccc(-c2ccc(OCC3CCC(C)CC3)c(F)c2)cc1. The van der Waals surface area contributed by atoms with Gasteiger partial charge in [-0.15, -0.1) is 0 Å². The van der Waals surface area contributed by atoms with Crippen LogP contribution >= 0.6 is 0 Å². The zero-order valence-electron chi connectivity index (χ0n) is 14.0. The van der Waals surface area contributed by atoms with Crippen LogP contribution < -0.4 is 4.74 Å². The first kappa shape index (κ1) is 16.0. The highest BCUT2D eigenvalue weighted by molar-refractivity contribution is 5.64. The second-order valence-corrected chi connectivity index (χ2v) is 6.95. The first-order chi connectivity index (χ1) is 11.1. The number of hydrogen-bond acceptors (Lipinski definition) is 1. The largest absolute Gasteiger partial charge is 0.490 e. The summed E-state index contributed by atoms with van der Waals surface area (Å²) in [5, 5.41) is 0. The molecule has 0 spiro atoms. The van der Waals surface area contributed by atoms with E-state index in [1.54, 1.807) is 12.1 Å². The molecule has 2 aromatic rings. The maximum atomic E-state index is 14.3. The molecule has 0 heterocycles. The van der Waals surface area contributed by atoms with E-state index in [2.05, 4.69) is 6.92 Å². The van der Waals surface area contributed by atoms with Gasteiger partial charge in [-0.25, -0.2) is 4.39 Å². The van der Waals surface area contributed by atoms with E-state index in [-0.39, 0.29) is 5.82 Å². The average molecular weight is 312 g/mol. The van der Waals surface area contributed by atoms with Crippen LogP contribution in [0.25, 0.3) is 11.1 Å². The second-order valence-electron chi connectivity index (χ2n) is 6.95. The Kier molecular flexibility index (Phi) is 5.00. The summed E-state index contributed by atoms with van der Waals surface area (Å²) in [5.41, 5.74) is 3.12. The molecule has 0 amide bonds. The summed E-state index contributed by atoms with van der Waals surface area (Å²) >= 11 is 0. The minimum atomic E-state index is -0.271. The lowest BCUT2D eigenvalue weighted by molar-refractivity contribution is 0.183. The summed E-state index contributed by atoms with van der Waals surface area (Å²) < 4.78 is 20.1. The molecule has 0 N–H and O–H groups in total. The Hall–Kier alpha value is -1.83. The molecule has 23 heavy (non-hydrogen) atoms. The van der Waals surface area contributed by atoms with Gasteiger partial charge in [-0.05, 0) is 54.9 Å². The van der Waals surface area contributed by atoms with Gasteiger partial charge in [-0.3, -0.25) is 0 Å². The standard InChI is InChI=1S/C21H25FO/c1-15-3-7-17(8-4-15)14-23-21-12-11-19(13-20(21)22)18-9-5-16(2)6-10-18/h5-6,9-13,15,17H,3-4,7-8,14H2,1-2H3. The Morgan fingerprint density at radius 3 is 2.26 bits per heavy atom. The highest BCUT2D eigenvalue weighted by Gasteiger charge is 2.19. The first-order valence-corrected chi connectivity index (χ1v) is 8.61. The predicted molar refractivity (Wildman–Crippen MR) is 93.2 cm³/mol. The Morgan fingerprint density at radius 1 is 0.957 bits per heavy atom. The molecule has 0 bridgehead atoms. The molecule has 122 valence electrons. The third kappa shape index (κ3) is 4.13. The van der Waals surface area contributed by atoms with Crippen molar-refractivity contribution in [2.75, 3.05) is 6.61 Å². The van der Waals surface area contributed by atoms with Crippen LogP contribution in [0, 0.1) is 24.6 Å². The van der Waals surface area contributed by atoms with Crippen molar-refractivity contribution < 1.29 is 9.13 Å². The first-order valence-electron chi connectivity index (χ1n) is 8.61. The van der Waals surface area contributed by atoms with E-state index >= 15 is 0 Å². The molecule has 1 aliphatic rings. The maximum Gasteiger partial charge on any atom is 0.165 e. The molecule has 0 saturated heterocycles. The summed E-state index contributed by atoms with van der Waals surface area (Å²) in [5.74, 6) is 1.51. The fourth-order valence-electron chi connectivity index (χ4n) is 3.25. The molecule has 2 aromatic carbocycles. The minimum Gasteiger partial charge on any atom is -0.490 e. The molecule has 1 aliphatic carbocycles.